The van der Waals surface area contributed by atoms with E-state index in [4.69, 9.17) is 4.74 Å². The summed E-state index contributed by atoms with van der Waals surface area (Å²) >= 11 is 0. The zero-order valence-corrected chi connectivity index (χ0v) is 10.0. The van der Waals surface area contributed by atoms with Crippen LogP contribution in [0.5, 0.6) is 0 Å². The normalized spacial score (nSPS) is 12.1. The Kier molecular flexibility index (Phi) is 5.50. The highest BCUT2D eigenvalue weighted by Gasteiger charge is 2.23. The zero-order chi connectivity index (χ0) is 9.61. The largest absolute Gasteiger partial charge is 0.381 e. The van der Waals surface area contributed by atoms with Crippen LogP contribution in [0.25, 0.3) is 0 Å². The van der Waals surface area contributed by atoms with Crippen molar-refractivity contribution in [1.82, 2.24) is 0 Å². The molecule has 0 amide bonds. The van der Waals surface area contributed by atoms with E-state index in [2.05, 4.69) is 33.5 Å². The van der Waals surface area contributed by atoms with Crippen molar-refractivity contribution in [3.05, 3.63) is 12.7 Å². The van der Waals surface area contributed by atoms with Gasteiger partial charge in [0, 0.05) is 15.4 Å². The molecule has 0 N–H and O–H groups in total. The molecule has 0 bridgehead atoms. The van der Waals surface area contributed by atoms with Crippen LogP contribution >= 0.6 is 0 Å². The third-order valence-electron chi connectivity index (χ3n) is 2.50. The lowest BCUT2D eigenvalue weighted by molar-refractivity contribution is 0.117. The van der Waals surface area contributed by atoms with Crippen LogP contribution in [0.2, 0.25) is 18.1 Å². The molecule has 0 rings (SSSR count). The second-order valence-electron chi connectivity index (χ2n) is 4.27. The van der Waals surface area contributed by atoms with Crippen molar-refractivity contribution in [3.8, 4) is 0 Å². The van der Waals surface area contributed by atoms with Crippen molar-refractivity contribution in [1.29, 1.82) is 0 Å². The van der Waals surface area contributed by atoms with Crippen LogP contribution in [0.3, 0.4) is 0 Å². The average Bonchev–Trinajstić information content (AvgIpc) is 1.98. The molecule has 0 saturated carbocycles. The van der Waals surface area contributed by atoms with Gasteiger partial charge in [-0.3, -0.25) is 0 Å². The summed E-state index contributed by atoms with van der Waals surface area (Å²) in [5, 5.41) is 0.432. The summed E-state index contributed by atoms with van der Waals surface area (Å²) in [6.45, 7) is 14.7. The standard InChI is InChI=1S/C10H22OSi/c1-6-7-8-11-9-10(2,3)12(4)5/h6,12H,1,7-9H2,2-5H3. The molecule has 0 aromatic rings. The second kappa shape index (κ2) is 5.54. The number of hydrogen-bond donors (Lipinski definition) is 0. The minimum Gasteiger partial charge on any atom is -0.381 e. The van der Waals surface area contributed by atoms with Gasteiger partial charge in [-0.15, -0.1) is 6.58 Å². The van der Waals surface area contributed by atoms with Gasteiger partial charge >= 0.3 is 0 Å². The van der Waals surface area contributed by atoms with E-state index in [0.29, 0.717) is 5.04 Å². The first-order valence-corrected chi connectivity index (χ1v) is 7.58. The summed E-state index contributed by atoms with van der Waals surface area (Å²) in [6, 6.07) is 0. The van der Waals surface area contributed by atoms with Crippen molar-refractivity contribution in [3.63, 3.8) is 0 Å². The quantitative estimate of drug-likeness (QED) is 0.352. The minimum absolute atomic E-state index is 0.432. The average molecular weight is 186 g/mol. The SMILES string of the molecule is C=CCCOCC(C)(C)[SiH](C)C. The molecule has 0 spiro atoms. The molecule has 0 unspecified atom stereocenters. The molecular weight excluding hydrogens is 164 g/mol. The van der Waals surface area contributed by atoms with Crippen molar-refractivity contribution >= 4 is 8.80 Å². The van der Waals surface area contributed by atoms with Crippen LogP contribution in [0, 0.1) is 0 Å². The van der Waals surface area contributed by atoms with Crippen LogP contribution in [0.1, 0.15) is 20.3 Å². The fourth-order valence-corrected chi connectivity index (χ4v) is 1.12. The van der Waals surface area contributed by atoms with Gasteiger partial charge in [-0.05, 0) is 11.5 Å². The third-order valence-corrected chi connectivity index (χ3v) is 5.80. The monoisotopic (exact) mass is 186 g/mol. The first kappa shape index (κ1) is 11.9. The van der Waals surface area contributed by atoms with Crippen LogP contribution in [-0.2, 0) is 4.74 Å². The van der Waals surface area contributed by atoms with Crippen molar-refractivity contribution in [2.75, 3.05) is 13.2 Å². The Morgan fingerprint density at radius 2 is 2.00 bits per heavy atom. The molecule has 0 aromatic heterocycles. The Bertz CT molecular complexity index is 130. The molecule has 2 heteroatoms. The predicted octanol–water partition coefficient (Wildman–Crippen LogP) is 2.85. The molecule has 1 nitrogen and oxygen atoms in total. The first-order chi connectivity index (χ1) is 5.50. The van der Waals surface area contributed by atoms with E-state index in [1.54, 1.807) is 0 Å². The van der Waals surface area contributed by atoms with E-state index in [1.165, 1.54) is 0 Å². The summed E-state index contributed by atoms with van der Waals surface area (Å²) < 4.78 is 5.56. The summed E-state index contributed by atoms with van der Waals surface area (Å²) in [5.41, 5.74) is 0. The number of hydrogen-bond acceptors (Lipinski definition) is 1. The van der Waals surface area contributed by atoms with E-state index >= 15 is 0 Å². The minimum atomic E-state index is -0.582. The number of ether oxygens (including phenoxy) is 1. The van der Waals surface area contributed by atoms with Gasteiger partial charge in [-0.1, -0.05) is 33.0 Å². The van der Waals surface area contributed by atoms with Gasteiger partial charge in [0.15, 0.2) is 0 Å². The fourth-order valence-electron chi connectivity index (χ4n) is 0.669. The number of rotatable bonds is 6. The highest BCUT2D eigenvalue weighted by atomic mass is 28.3. The molecule has 0 saturated heterocycles. The topological polar surface area (TPSA) is 9.23 Å². The zero-order valence-electron chi connectivity index (χ0n) is 8.89. The summed E-state index contributed by atoms with van der Waals surface area (Å²) in [4.78, 5) is 0. The Morgan fingerprint density at radius 3 is 2.42 bits per heavy atom. The van der Waals surface area contributed by atoms with Gasteiger partial charge in [0.25, 0.3) is 0 Å². The van der Waals surface area contributed by atoms with E-state index in [0.717, 1.165) is 19.6 Å². The van der Waals surface area contributed by atoms with E-state index in [1.807, 2.05) is 6.08 Å². The Hall–Kier alpha value is -0.0831. The van der Waals surface area contributed by atoms with Gasteiger partial charge in [0.05, 0.1) is 6.61 Å². The maximum atomic E-state index is 5.56. The molecule has 0 aromatic carbocycles. The van der Waals surface area contributed by atoms with Gasteiger partial charge in [-0.25, -0.2) is 0 Å². The first-order valence-electron chi connectivity index (χ1n) is 4.69. The summed E-state index contributed by atoms with van der Waals surface area (Å²) in [5.74, 6) is 0. The molecule has 0 aliphatic rings. The Labute approximate surface area is 78.4 Å². The molecule has 0 heterocycles. The molecule has 0 aliphatic carbocycles. The molecular formula is C10H22OSi. The highest BCUT2D eigenvalue weighted by molar-refractivity contribution is 6.59. The third kappa shape index (κ3) is 4.73. The maximum absolute atomic E-state index is 5.56. The molecule has 0 aliphatic heterocycles. The molecule has 0 atom stereocenters. The van der Waals surface area contributed by atoms with Crippen LogP contribution in [-0.4, -0.2) is 22.0 Å². The summed E-state index contributed by atoms with van der Waals surface area (Å²) in [7, 11) is -0.582. The van der Waals surface area contributed by atoms with Gasteiger partial charge in [0.2, 0.25) is 0 Å². The second-order valence-corrected chi connectivity index (χ2v) is 8.15. The molecule has 0 fully saturated rings. The highest BCUT2D eigenvalue weighted by Crippen LogP contribution is 2.28. The van der Waals surface area contributed by atoms with Crippen LogP contribution < -0.4 is 0 Å². The maximum Gasteiger partial charge on any atom is 0.0500 e. The van der Waals surface area contributed by atoms with Crippen molar-refractivity contribution in [2.45, 2.75) is 38.4 Å². The van der Waals surface area contributed by atoms with E-state index in [-0.39, 0.29) is 0 Å². The summed E-state index contributed by atoms with van der Waals surface area (Å²) in [6.07, 6.45) is 2.87. The molecule has 72 valence electrons. The Morgan fingerprint density at radius 1 is 1.42 bits per heavy atom. The van der Waals surface area contributed by atoms with E-state index < -0.39 is 8.80 Å². The van der Waals surface area contributed by atoms with Crippen molar-refractivity contribution < 1.29 is 4.74 Å². The van der Waals surface area contributed by atoms with Gasteiger partial charge < -0.3 is 4.74 Å². The van der Waals surface area contributed by atoms with Gasteiger partial charge in [-0.2, -0.15) is 0 Å². The van der Waals surface area contributed by atoms with Crippen molar-refractivity contribution in [2.24, 2.45) is 0 Å². The Balaban J connectivity index is 3.54. The molecule has 0 radical (unpaired) electrons. The van der Waals surface area contributed by atoms with Crippen LogP contribution in [0.15, 0.2) is 12.7 Å². The van der Waals surface area contributed by atoms with Crippen LogP contribution in [0.4, 0.5) is 0 Å². The predicted molar refractivity (Wildman–Crippen MR) is 58.6 cm³/mol. The molecule has 12 heavy (non-hydrogen) atoms. The lowest BCUT2D eigenvalue weighted by atomic mass is 10.2. The fraction of sp³-hybridized carbons (Fsp3) is 0.800. The lowest BCUT2D eigenvalue weighted by Gasteiger charge is -2.27. The van der Waals surface area contributed by atoms with E-state index in [9.17, 15) is 0 Å². The van der Waals surface area contributed by atoms with Gasteiger partial charge in [0.1, 0.15) is 0 Å². The lowest BCUT2D eigenvalue weighted by Crippen LogP contribution is -2.26. The smallest absolute Gasteiger partial charge is 0.0500 e.